The van der Waals surface area contributed by atoms with Crippen molar-refractivity contribution in [2.45, 2.75) is 20.5 Å². The Morgan fingerprint density at radius 3 is 2.52 bits per heavy atom. The van der Waals surface area contributed by atoms with Gasteiger partial charge in [-0.3, -0.25) is 14.9 Å². The zero-order valence-corrected chi connectivity index (χ0v) is 16.7. The van der Waals surface area contributed by atoms with Crippen LogP contribution < -0.4 is 10.1 Å². The number of nitro groups is 1. The molecule has 0 saturated carbocycles. The average molecular weight is 426 g/mol. The van der Waals surface area contributed by atoms with Gasteiger partial charge >= 0.3 is 5.97 Å². The second kappa shape index (κ2) is 9.48. The molecule has 2 aromatic carbocycles. The van der Waals surface area contributed by atoms with Gasteiger partial charge in [0.1, 0.15) is 5.75 Å². The number of aromatic nitrogens is 2. The Labute approximate surface area is 176 Å². The summed E-state index contributed by atoms with van der Waals surface area (Å²) in [6.45, 7) is 2.90. The lowest BCUT2D eigenvalue weighted by molar-refractivity contribution is -0.384. The van der Waals surface area contributed by atoms with E-state index in [0.29, 0.717) is 28.7 Å². The Morgan fingerprint density at radius 2 is 1.90 bits per heavy atom. The fourth-order valence-electron chi connectivity index (χ4n) is 2.54. The van der Waals surface area contributed by atoms with E-state index >= 15 is 0 Å². The summed E-state index contributed by atoms with van der Waals surface area (Å²) in [7, 11) is 0. The molecule has 31 heavy (non-hydrogen) atoms. The van der Waals surface area contributed by atoms with Gasteiger partial charge in [0, 0.05) is 24.7 Å². The van der Waals surface area contributed by atoms with Crippen LogP contribution in [0.2, 0.25) is 0 Å². The van der Waals surface area contributed by atoms with E-state index in [2.05, 4.69) is 15.5 Å². The van der Waals surface area contributed by atoms with Crippen molar-refractivity contribution >= 4 is 23.3 Å². The Hall–Kier alpha value is -4.28. The number of nitro benzene ring substituents is 1. The summed E-state index contributed by atoms with van der Waals surface area (Å²) < 4.78 is 15.3. The predicted molar refractivity (Wildman–Crippen MR) is 107 cm³/mol. The van der Waals surface area contributed by atoms with Crippen LogP contribution in [0.4, 0.5) is 11.4 Å². The summed E-state index contributed by atoms with van der Waals surface area (Å²) in [5, 5.41) is 17.0. The number of hydrogen-bond acceptors (Lipinski definition) is 9. The molecule has 0 aliphatic rings. The van der Waals surface area contributed by atoms with Crippen LogP contribution >= 0.6 is 0 Å². The van der Waals surface area contributed by atoms with E-state index in [1.54, 1.807) is 26.0 Å². The van der Waals surface area contributed by atoms with Gasteiger partial charge in [-0.2, -0.15) is 4.98 Å². The number of carbonyl (C=O) groups is 2. The Morgan fingerprint density at radius 1 is 1.16 bits per heavy atom. The SMILES string of the molecule is Cc1nc(COc2ccc(C(=O)OCC(=O)Nc3ccc([N+](=O)[O-])cc3C)cc2)no1. The highest BCUT2D eigenvalue weighted by atomic mass is 16.6. The van der Waals surface area contributed by atoms with E-state index in [0.717, 1.165) is 0 Å². The van der Waals surface area contributed by atoms with E-state index < -0.39 is 23.4 Å². The normalized spacial score (nSPS) is 10.4. The third kappa shape index (κ3) is 5.85. The number of aryl methyl sites for hydroxylation is 2. The maximum Gasteiger partial charge on any atom is 0.338 e. The highest BCUT2D eigenvalue weighted by Crippen LogP contribution is 2.21. The zero-order chi connectivity index (χ0) is 22.4. The van der Waals surface area contributed by atoms with E-state index in [1.807, 2.05) is 0 Å². The zero-order valence-electron chi connectivity index (χ0n) is 16.7. The summed E-state index contributed by atoms with van der Waals surface area (Å²) >= 11 is 0. The molecule has 0 aliphatic heterocycles. The smallest absolute Gasteiger partial charge is 0.338 e. The molecule has 0 saturated heterocycles. The monoisotopic (exact) mass is 426 g/mol. The van der Waals surface area contributed by atoms with Gasteiger partial charge in [0.15, 0.2) is 13.2 Å². The third-order valence-corrected chi connectivity index (χ3v) is 4.06. The highest BCUT2D eigenvalue weighted by molar-refractivity contribution is 5.96. The van der Waals surface area contributed by atoms with Crippen LogP contribution in [0.3, 0.4) is 0 Å². The van der Waals surface area contributed by atoms with Crippen LogP contribution in [0.25, 0.3) is 0 Å². The lowest BCUT2D eigenvalue weighted by atomic mass is 10.2. The topological polar surface area (TPSA) is 147 Å². The van der Waals surface area contributed by atoms with Gasteiger partial charge in [-0.15, -0.1) is 0 Å². The molecule has 1 aromatic heterocycles. The molecule has 3 rings (SSSR count). The van der Waals surface area contributed by atoms with Crippen molar-refractivity contribution in [2.75, 3.05) is 11.9 Å². The quantitative estimate of drug-likeness (QED) is 0.326. The molecule has 11 nitrogen and oxygen atoms in total. The fraction of sp³-hybridized carbons (Fsp3) is 0.200. The number of nitrogens with zero attached hydrogens (tertiary/aromatic N) is 3. The maximum absolute atomic E-state index is 12.1. The summed E-state index contributed by atoms with van der Waals surface area (Å²) in [6, 6.07) is 10.2. The fourth-order valence-corrected chi connectivity index (χ4v) is 2.54. The molecule has 0 spiro atoms. The molecule has 0 unspecified atom stereocenters. The van der Waals surface area contributed by atoms with Gasteiger partial charge in [0.05, 0.1) is 10.5 Å². The van der Waals surface area contributed by atoms with Gasteiger partial charge in [-0.1, -0.05) is 5.16 Å². The van der Waals surface area contributed by atoms with Crippen molar-refractivity contribution < 1.29 is 28.5 Å². The first-order chi connectivity index (χ1) is 14.8. The molecule has 0 bridgehead atoms. The molecule has 1 heterocycles. The molecule has 160 valence electrons. The number of ether oxygens (including phenoxy) is 2. The Kier molecular flexibility index (Phi) is 6.55. The number of amides is 1. The average Bonchev–Trinajstić information content (AvgIpc) is 3.17. The van der Waals surface area contributed by atoms with Gasteiger partial charge in [0.25, 0.3) is 11.6 Å². The molecule has 0 atom stereocenters. The summed E-state index contributed by atoms with van der Waals surface area (Å²) in [4.78, 5) is 38.4. The number of rotatable bonds is 8. The molecule has 0 aliphatic carbocycles. The van der Waals surface area contributed by atoms with Crippen LogP contribution in [0.5, 0.6) is 5.75 Å². The van der Waals surface area contributed by atoms with Crippen molar-refractivity contribution in [1.82, 2.24) is 10.1 Å². The van der Waals surface area contributed by atoms with Crippen LogP contribution in [0, 0.1) is 24.0 Å². The maximum atomic E-state index is 12.1. The molecule has 0 radical (unpaired) electrons. The number of hydrogen-bond donors (Lipinski definition) is 1. The molecule has 11 heteroatoms. The van der Waals surface area contributed by atoms with Crippen LogP contribution in [0.1, 0.15) is 27.6 Å². The first-order valence-electron chi connectivity index (χ1n) is 9.06. The van der Waals surface area contributed by atoms with Gasteiger partial charge < -0.3 is 19.3 Å². The number of carbonyl (C=O) groups excluding carboxylic acids is 2. The summed E-state index contributed by atoms with van der Waals surface area (Å²) in [5.74, 6) is 0.0710. The van der Waals surface area contributed by atoms with Crippen LogP contribution in [-0.4, -0.2) is 33.5 Å². The minimum absolute atomic E-state index is 0.0817. The number of esters is 1. The van der Waals surface area contributed by atoms with Crippen molar-refractivity contribution in [3.05, 3.63) is 75.4 Å². The molecular formula is C20H18N4O7. The molecule has 1 N–H and O–H groups in total. The first-order valence-corrected chi connectivity index (χ1v) is 9.06. The number of non-ortho nitro benzene ring substituents is 1. The van der Waals surface area contributed by atoms with E-state index in [4.69, 9.17) is 14.0 Å². The van der Waals surface area contributed by atoms with Gasteiger partial charge in [-0.05, 0) is 42.8 Å². The number of benzene rings is 2. The first kappa shape index (κ1) is 21.4. The summed E-state index contributed by atoms with van der Waals surface area (Å²) in [5.41, 5.74) is 1.06. The van der Waals surface area contributed by atoms with Crippen LogP contribution in [-0.2, 0) is 16.1 Å². The minimum atomic E-state index is -0.684. The van der Waals surface area contributed by atoms with E-state index in [-0.39, 0.29) is 17.9 Å². The van der Waals surface area contributed by atoms with Crippen molar-refractivity contribution in [3.63, 3.8) is 0 Å². The van der Waals surface area contributed by atoms with Crippen molar-refractivity contribution in [1.29, 1.82) is 0 Å². The summed E-state index contributed by atoms with van der Waals surface area (Å²) in [6.07, 6.45) is 0. The second-order valence-corrected chi connectivity index (χ2v) is 6.42. The minimum Gasteiger partial charge on any atom is -0.485 e. The molecule has 0 fully saturated rings. The molecule has 3 aromatic rings. The van der Waals surface area contributed by atoms with Gasteiger partial charge in [0.2, 0.25) is 11.7 Å². The van der Waals surface area contributed by atoms with E-state index in [1.165, 1.54) is 30.3 Å². The second-order valence-electron chi connectivity index (χ2n) is 6.42. The highest BCUT2D eigenvalue weighted by Gasteiger charge is 2.13. The lowest BCUT2D eigenvalue weighted by Crippen LogP contribution is -2.21. The van der Waals surface area contributed by atoms with Crippen LogP contribution in [0.15, 0.2) is 47.0 Å². The van der Waals surface area contributed by atoms with Crippen molar-refractivity contribution in [2.24, 2.45) is 0 Å². The molecule has 1 amide bonds. The number of nitrogens with one attached hydrogen (secondary N) is 1. The van der Waals surface area contributed by atoms with Crippen molar-refractivity contribution in [3.8, 4) is 5.75 Å². The van der Waals surface area contributed by atoms with E-state index in [9.17, 15) is 19.7 Å². The largest absolute Gasteiger partial charge is 0.485 e. The Balaban J connectivity index is 1.48. The lowest BCUT2D eigenvalue weighted by Gasteiger charge is -2.09. The molecular weight excluding hydrogens is 408 g/mol. The van der Waals surface area contributed by atoms with Gasteiger partial charge in [-0.25, -0.2) is 4.79 Å². The Bertz CT molecular complexity index is 1110. The predicted octanol–water partition coefficient (Wildman–Crippen LogP) is 2.97. The number of anilines is 1. The standard InChI is InChI=1S/C20H18N4O7/c1-12-9-15(24(27)28)5-8-17(12)22-19(25)11-30-20(26)14-3-6-16(7-4-14)29-10-18-21-13(2)31-23-18/h3-9H,10-11H2,1-2H3,(H,22,25). The third-order valence-electron chi connectivity index (χ3n) is 4.06.